The topological polar surface area (TPSA) is 69.8 Å². The van der Waals surface area contributed by atoms with Crippen LogP contribution in [0, 0.1) is 0 Å². The number of hydrogen-bond acceptors (Lipinski definition) is 4. The van der Waals surface area contributed by atoms with Crippen LogP contribution in [0.15, 0.2) is 24.3 Å². The summed E-state index contributed by atoms with van der Waals surface area (Å²) in [5, 5.41) is 9.24. The molecule has 3 N–H and O–H groups in total. The fourth-order valence-electron chi connectivity index (χ4n) is 2.39. The van der Waals surface area contributed by atoms with Gasteiger partial charge in [0, 0.05) is 32.7 Å². The number of phenolic OH excluding ortho intramolecular Hbond substituents is 1. The molecule has 5 nitrogen and oxygen atoms in total. The third-order valence-electron chi connectivity index (χ3n) is 3.77. The molecule has 1 aliphatic heterocycles. The van der Waals surface area contributed by atoms with Crippen LogP contribution in [0.2, 0.25) is 0 Å². The van der Waals surface area contributed by atoms with E-state index in [4.69, 9.17) is 5.73 Å². The van der Waals surface area contributed by atoms with Gasteiger partial charge < -0.3 is 15.7 Å². The third-order valence-corrected chi connectivity index (χ3v) is 3.77. The Labute approximate surface area is 120 Å². The highest BCUT2D eigenvalue weighted by Gasteiger charge is 2.19. The number of hydrogen-bond donors (Lipinski definition) is 2. The van der Waals surface area contributed by atoms with Crippen molar-refractivity contribution in [2.24, 2.45) is 5.73 Å². The Morgan fingerprint density at radius 1 is 1.35 bits per heavy atom. The van der Waals surface area contributed by atoms with E-state index in [1.54, 1.807) is 17.0 Å². The molecule has 0 aromatic heterocycles. The summed E-state index contributed by atoms with van der Waals surface area (Å²) in [6.45, 7) is 2.83. The van der Waals surface area contributed by atoms with Crippen LogP contribution in [0.3, 0.4) is 0 Å². The number of piperidine rings is 1. The molecule has 1 aliphatic rings. The van der Waals surface area contributed by atoms with Crippen molar-refractivity contribution in [1.82, 2.24) is 9.80 Å². The van der Waals surface area contributed by atoms with Crippen LogP contribution >= 0.6 is 0 Å². The summed E-state index contributed by atoms with van der Waals surface area (Å²) in [5.41, 5.74) is 6.87. The first kappa shape index (κ1) is 14.8. The molecular formula is C15H23N3O2. The molecule has 0 aliphatic carbocycles. The molecule has 0 bridgehead atoms. The minimum Gasteiger partial charge on any atom is -0.508 e. The number of carbonyl (C=O) groups is 1. The number of nitrogens with zero attached hydrogens (tertiary/aromatic N) is 2. The van der Waals surface area contributed by atoms with Crippen LogP contribution in [0.5, 0.6) is 5.75 Å². The van der Waals surface area contributed by atoms with Crippen molar-refractivity contribution >= 4 is 5.91 Å². The predicted octanol–water partition coefficient (Wildman–Crippen LogP) is 0.774. The molecule has 110 valence electrons. The molecule has 1 saturated heterocycles. The van der Waals surface area contributed by atoms with Crippen LogP contribution in [-0.4, -0.2) is 53.5 Å². The van der Waals surface area contributed by atoms with Crippen LogP contribution in [0.25, 0.3) is 0 Å². The quantitative estimate of drug-likeness (QED) is 0.853. The number of rotatable bonds is 4. The number of amides is 1. The van der Waals surface area contributed by atoms with Crippen LogP contribution < -0.4 is 5.73 Å². The lowest BCUT2D eigenvalue weighted by Gasteiger charge is -2.30. The van der Waals surface area contributed by atoms with Gasteiger partial charge in [0.15, 0.2) is 0 Å². The normalized spacial score (nSPS) is 17.1. The van der Waals surface area contributed by atoms with E-state index in [0.717, 1.165) is 31.5 Å². The van der Waals surface area contributed by atoms with Crippen molar-refractivity contribution in [3.05, 3.63) is 29.8 Å². The molecule has 1 aromatic rings. The standard InChI is InChI=1S/C15H23N3O2/c1-17(10-12-2-4-14(19)5-3-12)15(20)11-18-8-6-13(16)7-9-18/h2-5,13,19H,6-11,16H2,1H3. The van der Waals surface area contributed by atoms with Gasteiger partial charge in [0.2, 0.25) is 5.91 Å². The van der Waals surface area contributed by atoms with Gasteiger partial charge in [0.1, 0.15) is 5.75 Å². The monoisotopic (exact) mass is 277 g/mol. The predicted molar refractivity (Wildman–Crippen MR) is 78.2 cm³/mol. The third kappa shape index (κ3) is 4.21. The number of carbonyl (C=O) groups excluding carboxylic acids is 1. The summed E-state index contributed by atoms with van der Waals surface area (Å²) in [5.74, 6) is 0.362. The van der Waals surface area contributed by atoms with E-state index < -0.39 is 0 Å². The van der Waals surface area contributed by atoms with Crippen molar-refractivity contribution < 1.29 is 9.90 Å². The van der Waals surface area contributed by atoms with Crippen molar-refractivity contribution in [3.8, 4) is 5.75 Å². The fraction of sp³-hybridized carbons (Fsp3) is 0.533. The first-order valence-corrected chi connectivity index (χ1v) is 7.04. The number of phenols is 1. The Kier molecular flexibility index (Phi) is 4.98. The van der Waals surface area contributed by atoms with Gasteiger partial charge in [0.25, 0.3) is 0 Å². The second-order valence-corrected chi connectivity index (χ2v) is 5.53. The molecule has 0 saturated carbocycles. The van der Waals surface area contributed by atoms with Crippen molar-refractivity contribution in [1.29, 1.82) is 0 Å². The van der Waals surface area contributed by atoms with Crippen LogP contribution in [0.1, 0.15) is 18.4 Å². The maximum Gasteiger partial charge on any atom is 0.236 e. The SMILES string of the molecule is CN(Cc1ccc(O)cc1)C(=O)CN1CCC(N)CC1. The van der Waals surface area contributed by atoms with E-state index in [2.05, 4.69) is 4.90 Å². The molecule has 20 heavy (non-hydrogen) atoms. The minimum absolute atomic E-state index is 0.119. The second kappa shape index (κ2) is 6.72. The zero-order chi connectivity index (χ0) is 14.5. The van der Waals surface area contributed by atoms with E-state index in [0.29, 0.717) is 13.1 Å². The lowest BCUT2D eigenvalue weighted by molar-refractivity contribution is -0.131. The Hall–Kier alpha value is -1.59. The number of likely N-dealkylation sites (tertiary alicyclic amines) is 1. The van der Waals surface area contributed by atoms with Gasteiger partial charge in [-0.1, -0.05) is 12.1 Å². The molecule has 0 radical (unpaired) electrons. The maximum atomic E-state index is 12.2. The molecule has 1 aromatic carbocycles. The van der Waals surface area contributed by atoms with E-state index in [1.165, 1.54) is 0 Å². The molecule has 2 rings (SSSR count). The highest BCUT2D eigenvalue weighted by Crippen LogP contribution is 2.12. The average Bonchev–Trinajstić information content (AvgIpc) is 2.44. The molecule has 1 heterocycles. The van der Waals surface area contributed by atoms with Crippen molar-refractivity contribution in [2.45, 2.75) is 25.4 Å². The largest absolute Gasteiger partial charge is 0.508 e. The van der Waals surface area contributed by atoms with Crippen molar-refractivity contribution in [3.63, 3.8) is 0 Å². The summed E-state index contributed by atoms with van der Waals surface area (Å²) in [6, 6.07) is 7.23. The van der Waals surface area contributed by atoms with Gasteiger partial charge >= 0.3 is 0 Å². The Bertz CT molecular complexity index is 439. The van der Waals surface area contributed by atoms with E-state index >= 15 is 0 Å². The average molecular weight is 277 g/mol. The van der Waals surface area contributed by atoms with E-state index in [9.17, 15) is 9.90 Å². The molecule has 0 spiro atoms. The molecule has 0 unspecified atom stereocenters. The van der Waals surface area contributed by atoms with E-state index in [1.807, 2.05) is 19.2 Å². The number of benzene rings is 1. The van der Waals surface area contributed by atoms with Gasteiger partial charge in [0.05, 0.1) is 6.54 Å². The molecule has 5 heteroatoms. The van der Waals surface area contributed by atoms with Crippen LogP contribution in [-0.2, 0) is 11.3 Å². The lowest BCUT2D eigenvalue weighted by atomic mass is 10.1. The summed E-state index contributed by atoms with van der Waals surface area (Å²) in [7, 11) is 1.81. The molecule has 1 fully saturated rings. The Morgan fingerprint density at radius 3 is 2.55 bits per heavy atom. The summed E-state index contributed by atoms with van der Waals surface area (Å²) < 4.78 is 0. The zero-order valence-electron chi connectivity index (χ0n) is 12.0. The summed E-state index contributed by atoms with van der Waals surface area (Å²) in [6.07, 6.45) is 1.93. The number of likely N-dealkylation sites (N-methyl/N-ethyl adjacent to an activating group) is 1. The van der Waals surface area contributed by atoms with Gasteiger partial charge in [-0.25, -0.2) is 0 Å². The number of nitrogens with two attached hydrogens (primary N) is 1. The van der Waals surface area contributed by atoms with Gasteiger partial charge in [-0.2, -0.15) is 0 Å². The minimum atomic E-state index is 0.119. The van der Waals surface area contributed by atoms with Gasteiger partial charge in [-0.3, -0.25) is 9.69 Å². The smallest absolute Gasteiger partial charge is 0.236 e. The zero-order valence-corrected chi connectivity index (χ0v) is 12.0. The number of aromatic hydroxyl groups is 1. The maximum absolute atomic E-state index is 12.2. The van der Waals surface area contributed by atoms with Crippen LogP contribution in [0.4, 0.5) is 0 Å². The second-order valence-electron chi connectivity index (χ2n) is 5.53. The first-order valence-electron chi connectivity index (χ1n) is 7.04. The van der Waals surface area contributed by atoms with E-state index in [-0.39, 0.29) is 17.7 Å². The molecule has 0 atom stereocenters. The van der Waals surface area contributed by atoms with Crippen molar-refractivity contribution in [2.75, 3.05) is 26.7 Å². The highest BCUT2D eigenvalue weighted by atomic mass is 16.3. The summed E-state index contributed by atoms with van der Waals surface area (Å²) >= 11 is 0. The Morgan fingerprint density at radius 2 is 1.95 bits per heavy atom. The molecular weight excluding hydrogens is 254 g/mol. The van der Waals surface area contributed by atoms with Gasteiger partial charge in [-0.05, 0) is 30.5 Å². The Balaban J connectivity index is 1.81. The summed E-state index contributed by atoms with van der Waals surface area (Å²) in [4.78, 5) is 16.1. The highest BCUT2D eigenvalue weighted by molar-refractivity contribution is 5.78. The fourth-order valence-corrected chi connectivity index (χ4v) is 2.39. The first-order chi connectivity index (χ1) is 9.54. The van der Waals surface area contributed by atoms with Gasteiger partial charge in [-0.15, -0.1) is 0 Å². The lowest BCUT2D eigenvalue weighted by Crippen LogP contribution is -2.44. The molecule has 1 amide bonds.